The van der Waals surface area contributed by atoms with Crippen LogP contribution in [0.4, 0.5) is 4.79 Å². The summed E-state index contributed by atoms with van der Waals surface area (Å²) in [5.74, 6) is -1.15. The first-order chi connectivity index (χ1) is 8.09. The standard InChI is InChI=1S/C12H20N2O3/c1-9-5-3-2-4-6-14(9)12(17)13-7-10(8-13)11(15)16/h9-10H,2-8H2,1H3,(H,15,16). The number of urea groups is 1. The first-order valence-electron chi connectivity index (χ1n) is 6.38. The van der Waals surface area contributed by atoms with Gasteiger partial charge in [0.25, 0.3) is 0 Å². The Kier molecular flexibility index (Phi) is 3.54. The molecule has 2 aliphatic rings. The van der Waals surface area contributed by atoms with Gasteiger partial charge in [0.2, 0.25) is 0 Å². The molecule has 96 valence electrons. The van der Waals surface area contributed by atoms with Crippen molar-refractivity contribution in [2.45, 2.75) is 38.6 Å². The van der Waals surface area contributed by atoms with E-state index >= 15 is 0 Å². The maximum atomic E-state index is 12.2. The van der Waals surface area contributed by atoms with Crippen LogP contribution >= 0.6 is 0 Å². The molecule has 2 aliphatic heterocycles. The summed E-state index contributed by atoms with van der Waals surface area (Å²) in [6, 6.07) is 0.311. The predicted octanol–water partition coefficient (Wildman–Crippen LogP) is 1.39. The van der Waals surface area contributed by atoms with E-state index in [0.717, 1.165) is 19.4 Å². The molecule has 17 heavy (non-hydrogen) atoms. The molecule has 0 bridgehead atoms. The topological polar surface area (TPSA) is 60.9 Å². The third-order valence-corrected chi connectivity index (χ3v) is 3.80. The summed E-state index contributed by atoms with van der Waals surface area (Å²) in [5, 5.41) is 8.79. The van der Waals surface area contributed by atoms with Gasteiger partial charge in [-0.2, -0.15) is 0 Å². The second-order valence-corrected chi connectivity index (χ2v) is 5.11. The molecule has 2 heterocycles. The lowest BCUT2D eigenvalue weighted by atomic mass is 10.0. The molecule has 1 N–H and O–H groups in total. The predicted molar refractivity (Wildman–Crippen MR) is 62.7 cm³/mol. The zero-order chi connectivity index (χ0) is 12.4. The molecular weight excluding hydrogens is 220 g/mol. The largest absolute Gasteiger partial charge is 0.481 e. The minimum atomic E-state index is -0.794. The average molecular weight is 240 g/mol. The van der Waals surface area contributed by atoms with Crippen LogP contribution in [0.25, 0.3) is 0 Å². The number of nitrogens with zero attached hydrogens (tertiary/aromatic N) is 2. The van der Waals surface area contributed by atoms with E-state index in [1.165, 1.54) is 12.8 Å². The highest BCUT2D eigenvalue weighted by Gasteiger charge is 2.38. The fourth-order valence-corrected chi connectivity index (χ4v) is 2.53. The van der Waals surface area contributed by atoms with E-state index in [9.17, 15) is 9.59 Å². The Morgan fingerprint density at radius 2 is 1.88 bits per heavy atom. The number of rotatable bonds is 1. The molecule has 5 nitrogen and oxygen atoms in total. The van der Waals surface area contributed by atoms with Crippen LogP contribution in [0.2, 0.25) is 0 Å². The van der Waals surface area contributed by atoms with Gasteiger partial charge in [-0.05, 0) is 19.8 Å². The van der Waals surface area contributed by atoms with Crippen molar-refractivity contribution in [3.05, 3.63) is 0 Å². The van der Waals surface area contributed by atoms with E-state index in [1.54, 1.807) is 4.90 Å². The summed E-state index contributed by atoms with van der Waals surface area (Å²) in [7, 11) is 0. The number of amides is 2. The van der Waals surface area contributed by atoms with Crippen molar-refractivity contribution in [3.63, 3.8) is 0 Å². The average Bonchev–Trinajstić information content (AvgIpc) is 2.39. The van der Waals surface area contributed by atoms with E-state index in [0.29, 0.717) is 13.1 Å². The van der Waals surface area contributed by atoms with Gasteiger partial charge in [0, 0.05) is 25.7 Å². The normalized spacial score (nSPS) is 26.3. The molecule has 5 heteroatoms. The van der Waals surface area contributed by atoms with E-state index in [2.05, 4.69) is 6.92 Å². The minimum Gasteiger partial charge on any atom is -0.481 e. The van der Waals surface area contributed by atoms with E-state index in [1.807, 2.05) is 4.90 Å². The monoisotopic (exact) mass is 240 g/mol. The maximum absolute atomic E-state index is 12.2. The summed E-state index contributed by atoms with van der Waals surface area (Å²) >= 11 is 0. The number of carboxylic acids is 1. The summed E-state index contributed by atoms with van der Waals surface area (Å²) < 4.78 is 0. The lowest BCUT2D eigenvalue weighted by Gasteiger charge is -2.41. The zero-order valence-corrected chi connectivity index (χ0v) is 10.3. The summed E-state index contributed by atoms with van der Waals surface area (Å²) in [4.78, 5) is 26.4. The van der Waals surface area contributed by atoms with Crippen LogP contribution in [0.5, 0.6) is 0 Å². The molecule has 0 aliphatic carbocycles. The molecule has 0 spiro atoms. The molecule has 2 fully saturated rings. The van der Waals surface area contributed by atoms with Gasteiger partial charge < -0.3 is 14.9 Å². The minimum absolute atomic E-state index is 0.0249. The summed E-state index contributed by atoms with van der Waals surface area (Å²) in [6.45, 7) is 3.64. The van der Waals surface area contributed by atoms with Crippen molar-refractivity contribution >= 4 is 12.0 Å². The van der Waals surface area contributed by atoms with E-state index < -0.39 is 5.97 Å². The van der Waals surface area contributed by atoms with Crippen molar-refractivity contribution in [2.75, 3.05) is 19.6 Å². The zero-order valence-electron chi connectivity index (χ0n) is 10.3. The molecule has 2 saturated heterocycles. The van der Waals surface area contributed by atoms with Crippen molar-refractivity contribution in [2.24, 2.45) is 5.92 Å². The number of carbonyl (C=O) groups excluding carboxylic acids is 1. The number of hydrogen-bond donors (Lipinski definition) is 1. The highest BCUT2D eigenvalue weighted by Crippen LogP contribution is 2.22. The first kappa shape index (κ1) is 12.2. The Labute approximate surface area is 101 Å². The van der Waals surface area contributed by atoms with Gasteiger partial charge in [-0.3, -0.25) is 4.79 Å². The van der Waals surface area contributed by atoms with Gasteiger partial charge in [0.15, 0.2) is 0 Å². The summed E-state index contributed by atoms with van der Waals surface area (Å²) in [6.07, 6.45) is 4.49. The van der Waals surface area contributed by atoms with Gasteiger partial charge in [-0.15, -0.1) is 0 Å². The van der Waals surface area contributed by atoms with Crippen LogP contribution in [-0.2, 0) is 4.79 Å². The molecule has 1 unspecified atom stereocenters. The Morgan fingerprint density at radius 1 is 1.18 bits per heavy atom. The summed E-state index contributed by atoms with van der Waals surface area (Å²) in [5.41, 5.74) is 0. The Hall–Kier alpha value is -1.26. The molecule has 0 aromatic carbocycles. The number of aliphatic carboxylic acids is 1. The Morgan fingerprint density at radius 3 is 2.53 bits per heavy atom. The second-order valence-electron chi connectivity index (χ2n) is 5.11. The second kappa shape index (κ2) is 4.94. The van der Waals surface area contributed by atoms with Crippen LogP contribution in [-0.4, -0.2) is 52.6 Å². The third-order valence-electron chi connectivity index (χ3n) is 3.80. The lowest BCUT2D eigenvalue weighted by Crippen LogP contribution is -2.58. The molecule has 2 amide bonds. The number of carbonyl (C=O) groups is 2. The first-order valence-corrected chi connectivity index (χ1v) is 6.38. The fourth-order valence-electron chi connectivity index (χ4n) is 2.53. The smallest absolute Gasteiger partial charge is 0.320 e. The molecule has 0 saturated carbocycles. The van der Waals surface area contributed by atoms with Crippen LogP contribution in [0.15, 0.2) is 0 Å². The van der Waals surface area contributed by atoms with Crippen molar-refractivity contribution in [1.82, 2.24) is 9.80 Å². The Bertz CT molecular complexity index is 313. The maximum Gasteiger partial charge on any atom is 0.320 e. The molecule has 0 aromatic heterocycles. The van der Waals surface area contributed by atoms with Gasteiger partial charge in [-0.25, -0.2) is 4.79 Å². The number of hydrogen-bond acceptors (Lipinski definition) is 2. The van der Waals surface area contributed by atoms with E-state index in [4.69, 9.17) is 5.11 Å². The molecule has 1 atom stereocenters. The van der Waals surface area contributed by atoms with Crippen LogP contribution in [0.1, 0.15) is 32.6 Å². The molecule has 0 aromatic rings. The molecule has 0 radical (unpaired) electrons. The highest BCUT2D eigenvalue weighted by atomic mass is 16.4. The SMILES string of the molecule is CC1CCCCCN1C(=O)N1CC(C(=O)O)C1. The van der Waals surface area contributed by atoms with Gasteiger partial charge in [-0.1, -0.05) is 12.8 Å². The third kappa shape index (κ3) is 2.53. The quantitative estimate of drug-likeness (QED) is 0.753. The molecular formula is C12H20N2O3. The van der Waals surface area contributed by atoms with Crippen molar-refractivity contribution < 1.29 is 14.7 Å². The van der Waals surface area contributed by atoms with Crippen molar-refractivity contribution in [1.29, 1.82) is 0 Å². The highest BCUT2D eigenvalue weighted by molar-refractivity contribution is 5.80. The Balaban J connectivity index is 1.89. The van der Waals surface area contributed by atoms with Crippen LogP contribution < -0.4 is 0 Å². The van der Waals surface area contributed by atoms with Crippen LogP contribution in [0.3, 0.4) is 0 Å². The lowest BCUT2D eigenvalue weighted by molar-refractivity contribution is -0.146. The van der Waals surface area contributed by atoms with Gasteiger partial charge >= 0.3 is 12.0 Å². The number of carboxylic acid groups (broad SMARTS) is 1. The van der Waals surface area contributed by atoms with E-state index in [-0.39, 0.29) is 18.0 Å². The van der Waals surface area contributed by atoms with Gasteiger partial charge in [0.1, 0.15) is 0 Å². The fraction of sp³-hybridized carbons (Fsp3) is 0.833. The van der Waals surface area contributed by atoms with Crippen LogP contribution in [0, 0.1) is 5.92 Å². The molecule has 2 rings (SSSR count). The van der Waals surface area contributed by atoms with Crippen molar-refractivity contribution in [3.8, 4) is 0 Å². The number of likely N-dealkylation sites (tertiary alicyclic amines) is 2. The van der Waals surface area contributed by atoms with Gasteiger partial charge in [0.05, 0.1) is 5.92 Å².